The summed E-state index contributed by atoms with van der Waals surface area (Å²) in [6.45, 7) is 1.17. The van der Waals surface area contributed by atoms with Gasteiger partial charge in [-0.3, -0.25) is 4.68 Å². The van der Waals surface area contributed by atoms with Gasteiger partial charge in [0.05, 0.1) is 46.4 Å². The maximum Gasteiger partial charge on any atom is 0.135 e. The first-order valence-corrected chi connectivity index (χ1v) is 12.4. The van der Waals surface area contributed by atoms with Crippen LogP contribution in [-0.4, -0.2) is 49.0 Å². The molecule has 0 bridgehead atoms. The molecule has 0 unspecified atom stereocenters. The van der Waals surface area contributed by atoms with Crippen LogP contribution in [0.3, 0.4) is 0 Å². The Morgan fingerprint density at radius 3 is 2.67 bits per heavy atom. The van der Waals surface area contributed by atoms with Crippen LogP contribution < -0.4 is 22.5 Å². The standard InChI is InChI=1S/C25H30ClN9O/c26-21-10-19(36)5-6-22(21)33-25(29)20-12-31-35-14-15(16-11-30-34(13-16)8-7-27)9-23(35)24(20)32-18-3-1-17(28)2-4-18/h5-6,9-14,17-18,32,36H,1-4,7-8,27-28H2,(H2,29,33)/t17-,18-. The highest BCUT2D eigenvalue weighted by atomic mass is 35.5. The van der Waals surface area contributed by atoms with Crippen molar-refractivity contribution >= 4 is 34.3 Å². The highest BCUT2D eigenvalue weighted by molar-refractivity contribution is 6.33. The lowest BCUT2D eigenvalue weighted by Gasteiger charge is -2.28. The number of phenols is 1. The molecule has 4 aromatic rings. The lowest BCUT2D eigenvalue weighted by atomic mass is 9.91. The number of phenolic OH excluding ortho intramolecular Hbond substituents is 1. The first kappa shape index (κ1) is 24.1. The van der Waals surface area contributed by atoms with Gasteiger partial charge in [-0.1, -0.05) is 11.6 Å². The van der Waals surface area contributed by atoms with Crippen molar-refractivity contribution in [3.63, 3.8) is 0 Å². The lowest BCUT2D eigenvalue weighted by molar-refractivity contribution is 0.411. The number of aromatic hydroxyl groups is 1. The number of benzene rings is 1. The van der Waals surface area contributed by atoms with Crippen molar-refractivity contribution in [2.24, 2.45) is 22.2 Å². The van der Waals surface area contributed by atoms with E-state index in [4.69, 9.17) is 28.8 Å². The molecule has 3 aromatic heterocycles. The molecule has 0 saturated heterocycles. The zero-order valence-corrected chi connectivity index (χ0v) is 20.6. The normalized spacial score (nSPS) is 18.6. The number of rotatable bonds is 7. The van der Waals surface area contributed by atoms with Crippen LogP contribution in [0.4, 0.5) is 11.4 Å². The van der Waals surface area contributed by atoms with Gasteiger partial charge >= 0.3 is 0 Å². The number of amidine groups is 1. The maximum atomic E-state index is 9.67. The minimum absolute atomic E-state index is 0.0639. The number of fused-ring (bicyclic) bond motifs is 1. The second-order valence-electron chi connectivity index (χ2n) is 9.16. The van der Waals surface area contributed by atoms with E-state index in [-0.39, 0.29) is 23.7 Å². The largest absolute Gasteiger partial charge is 0.508 e. The van der Waals surface area contributed by atoms with Gasteiger partial charge in [-0.05, 0) is 43.9 Å². The Bertz CT molecular complexity index is 1400. The molecule has 1 aliphatic carbocycles. The molecule has 36 heavy (non-hydrogen) atoms. The molecule has 0 radical (unpaired) electrons. The van der Waals surface area contributed by atoms with Gasteiger partial charge in [0.15, 0.2) is 0 Å². The number of anilines is 1. The molecule has 1 aromatic carbocycles. The monoisotopic (exact) mass is 507 g/mol. The van der Waals surface area contributed by atoms with Crippen LogP contribution in [0.5, 0.6) is 5.75 Å². The number of aliphatic imine (C=N–C) groups is 1. The average Bonchev–Trinajstić information content (AvgIpc) is 3.50. The molecule has 11 heteroatoms. The number of halogens is 1. The quantitative estimate of drug-likeness (QED) is 0.190. The first-order valence-electron chi connectivity index (χ1n) is 12.0. The molecular weight excluding hydrogens is 478 g/mol. The summed E-state index contributed by atoms with van der Waals surface area (Å²) in [7, 11) is 0. The van der Waals surface area contributed by atoms with E-state index < -0.39 is 0 Å². The van der Waals surface area contributed by atoms with E-state index in [0.29, 0.717) is 29.4 Å². The fourth-order valence-corrected chi connectivity index (χ4v) is 4.79. The SMILES string of the molecule is NCCn1cc(-c2cc3c(N[C@H]4CC[C@H](N)CC4)c(/C(N)=N/c4ccc(O)cc4Cl)cnn3c2)cn1. The topological polar surface area (TPSA) is 158 Å². The van der Waals surface area contributed by atoms with Crippen LogP contribution in [0.1, 0.15) is 31.2 Å². The summed E-state index contributed by atoms with van der Waals surface area (Å²) in [5, 5.41) is 22.7. The van der Waals surface area contributed by atoms with Gasteiger partial charge in [-0.2, -0.15) is 10.2 Å². The molecule has 0 spiro atoms. The first-order chi connectivity index (χ1) is 17.4. The predicted molar refractivity (Wildman–Crippen MR) is 143 cm³/mol. The Morgan fingerprint density at radius 1 is 1.11 bits per heavy atom. The minimum atomic E-state index is 0.0639. The molecule has 0 aliphatic heterocycles. The van der Waals surface area contributed by atoms with Gasteiger partial charge in [0.25, 0.3) is 0 Å². The van der Waals surface area contributed by atoms with Crippen molar-refractivity contribution in [1.29, 1.82) is 0 Å². The highest BCUT2D eigenvalue weighted by Crippen LogP contribution is 2.33. The van der Waals surface area contributed by atoms with E-state index in [0.717, 1.165) is 48.0 Å². The van der Waals surface area contributed by atoms with Gasteiger partial charge in [-0.15, -0.1) is 0 Å². The van der Waals surface area contributed by atoms with Crippen molar-refractivity contribution in [3.05, 3.63) is 59.6 Å². The Kier molecular flexibility index (Phi) is 6.82. The molecular formula is C25H30ClN9O. The Balaban J connectivity index is 1.57. The zero-order valence-electron chi connectivity index (χ0n) is 19.8. The number of nitrogens with zero attached hydrogens (tertiary/aromatic N) is 5. The summed E-state index contributed by atoms with van der Waals surface area (Å²) in [6.07, 6.45) is 11.3. The van der Waals surface area contributed by atoms with E-state index in [9.17, 15) is 5.11 Å². The molecule has 10 nitrogen and oxygen atoms in total. The third-order valence-electron chi connectivity index (χ3n) is 6.53. The summed E-state index contributed by atoms with van der Waals surface area (Å²) in [6, 6.07) is 7.15. The van der Waals surface area contributed by atoms with E-state index in [1.165, 1.54) is 12.1 Å². The Morgan fingerprint density at radius 2 is 1.92 bits per heavy atom. The third-order valence-corrected chi connectivity index (χ3v) is 6.83. The summed E-state index contributed by atoms with van der Waals surface area (Å²) < 4.78 is 3.66. The fourth-order valence-electron chi connectivity index (χ4n) is 4.57. The van der Waals surface area contributed by atoms with Crippen LogP contribution in [0.25, 0.3) is 16.6 Å². The number of nitrogens with one attached hydrogen (secondary N) is 1. The maximum absolute atomic E-state index is 9.67. The van der Waals surface area contributed by atoms with E-state index in [1.807, 2.05) is 27.8 Å². The van der Waals surface area contributed by atoms with Crippen LogP contribution in [-0.2, 0) is 6.54 Å². The number of nitrogens with two attached hydrogens (primary N) is 3. The van der Waals surface area contributed by atoms with Gasteiger partial charge < -0.3 is 27.6 Å². The van der Waals surface area contributed by atoms with Crippen molar-refractivity contribution in [3.8, 4) is 16.9 Å². The molecule has 5 rings (SSSR count). The smallest absolute Gasteiger partial charge is 0.135 e. The number of hydrogen-bond acceptors (Lipinski definition) is 7. The summed E-state index contributed by atoms with van der Waals surface area (Å²) in [4.78, 5) is 4.55. The number of aromatic nitrogens is 4. The van der Waals surface area contributed by atoms with Gasteiger partial charge in [0, 0.05) is 48.2 Å². The lowest BCUT2D eigenvalue weighted by Crippen LogP contribution is -2.33. The third kappa shape index (κ3) is 5.01. The molecule has 1 aliphatic rings. The summed E-state index contributed by atoms with van der Waals surface area (Å²) >= 11 is 6.28. The van der Waals surface area contributed by atoms with E-state index >= 15 is 0 Å². The van der Waals surface area contributed by atoms with E-state index in [2.05, 4.69) is 26.6 Å². The van der Waals surface area contributed by atoms with Gasteiger partial charge in [0.2, 0.25) is 0 Å². The van der Waals surface area contributed by atoms with Crippen LogP contribution in [0.15, 0.2) is 54.0 Å². The molecule has 8 N–H and O–H groups in total. The number of hydrogen-bond donors (Lipinski definition) is 5. The minimum Gasteiger partial charge on any atom is -0.508 e. The average molecular weight is 508 g/mol. The second kappa shape index (κ2) is 10.2. The molecule has 1 fully saturated rings. The summed E-state index contributed by atoms with van der Waals surface area (Å²) in [5.41, 5.74) is 23.1. The van der Waals surface area contributed by atoms with Crippen molar-refractivity contribution in [1.82, 2.24) is 19.4 Å². The predicted octanol–water partition coefficient (Wildman–Crippen LogP) is 3.23. The van der Waals surface area contributed by atoms with Crippen LogP contribution in [0, 0.1) is 0 Å². The summed E-state index contributed by atoms with van der Waals surface area (Å²) in [5.74, 6) is 0.333. The molecule has 0 amide bonds. The Labute approximate surface area is 213 Å². The molecule has 3 heterocycles. The molecule has 188 valence electrons. The Hall–Kier alpha value is -3.60. The highest BCUT2D eigenvalue weighted by Gasteiger charge is 2.22. The van der Waals surface area contributed by atoms with Crippen molar-refractivity contribution in [2.75, 3.05) is 11.9 Å². The van der Waals surface area contributed by atoms with Crippen molar-refractivity contribution < 1.29 is 5.11 Å². The zero-order chi connectivity index (χ0) is 25.2. The second-order valence-corrected chi connectivity index (χ2v) is 9.57. The van der Waals surface area contributed by atoms with E-state index in [1.54, 1.807) is 12.3 Å². The van der Waals surface area contributed by atoms with Crippen LogP contribution in [0.2, 0.25) is 5.02 Å². The fraction of sp³-hybridized carbons (Fsp3) is 0.320. The van der Waals surface area contributed by atoms with Crippen LogP contribution >= 0.6 is 11.6 Å². The van der Waals surface area contributed by atoms with Gasteiger partial charge in [-0.25, -0.2) is 9.51 Å². The molecule has 1 saturated carbocycles. The molecule has 0 atom stereocenters. The van der Waals surface area contributed by atoms with Gasteiger partial charge in [0.1, 0.15) is 11.6 Å². The van der Waals surface area contributed by atoms with Crippen molar-refractivity contribution in [2.45, 2.75) is 44.3 Å².